The van der Waals surface area contributed by atoms with Gasteiger partial charge in [-0.2, -0.15) is 5.10 Å². The van der Waals surface area contributed by atoms with Gasteiger partial charge < -0.3 is 10.4 Å². The van der Waals surface area contributed by atoms with Crippen LogP contribution >= 0.6 is 0 Å². The Kier molecular flexibility index (Phi) is 3.10. The van der Waals surface area contributed by atoms with Crippen molar-refractivity contribution < 1.29 is 9.90 Å². The minimum Gasteiger partial charge on any atom is -0.507 e. The molecule has 2 N–H and O–H groups in total. The van der Waals surface area contributed by atoms with E-state index in [-0.39, 0.29) is 17.2 Å². The molecule has 5 heteroatoms. The Morgan fingerprint density at radius 3 is 2.48 bits per heavy atom. The van der Waals surface area contributed by atoms with E-state index in [9.17, 15) is 9.90 Å². The molecule has 0 aliphatic heterocycles. The average Bonchev–Trinajstić information content (AvgIpc) is 2.76. The molecule has 0 aliphatic rings. The zero-order valence-electron chi connectivity index (χ0n) is 11.8. The highest BCUT2D eigenvalue weighted by molar-refractivity contribution is 6.08. The summed E-state index contributed by atoms with van der Waals surface area (Å²) >= 11 is 0. The summed E-state index contributed by atoms with van der Waals surface area (Å²) in [5.74, 6) is 0.191. The number of anilines is 1. The van der Waals surface area contributed by atoms with Crippen LogP contribution in [0.15, 0.2) is 42.5 Å². The maximum absolute atomic E-state index is 12.3. The molecule has 0 fully saturated rings. The molecular formula is C16H15N3O2. The van der Waals surface area contributed by atoms with Gasteiger partial charge in [0.15, 0.2) is 0 Å². The summed E-state index contributed by atoms with van der Waals surface area (Å²) in [6.07, 6.45) is 0. The van der Waals surface area contributed by atoms with Gasteiger partial charge in [0.25, 0.3) is 5.91 Å². The minimum absolute atomic E-state index is 0.0370. The molecule has 0 aliphatic carbocycles. The van der Waals surface area contributed by atoms with E-state index < -0.39 is 0 Å². The molecule has 0 saturated heterocycles. The third-order valence-electron chi connectivity index (χ3n) is 3.35. The summed E-state index contributed by atoms with van der Waals surface area (Å²) < 4.78 is 1.59. The summed E-state index contributed by atoms with van der Waals surface area (Å²) in [6.45, 7) is 1.85. The summed E-state index contributed by atoms with van der Waals surface area (Å²) in [6, 6.07) is 12.6. The fourth-order valence-corrected chi connectivity index (χ4v) is 2.32. The standard InChI is InChI=1S/C16H15N3O2/c1-10-7-15(19(2)18-10)17-16(21)13-8-11-5-3-4-6-12(11)9-14(13)20/h3-9,20H,1-2H3,(H,17,21). The molecule has 5 nitrogen and oxygen atoms in total. The second-order valence-corrected chi connectivity index (χ2v) is 4.97. The minimum atomic E-state index is -0.360. The molecule has 3 rings (SSSR count). The van der Waals surface area contributed by atoms with Crippen LogP contribution in [0.3, 0.4) is 0 Å². The van der Waals surface area contributed by atoms with Crippen LogP contribution in [0.2, 0.25) is 0 Å². The van der Waals surface area contributed by atoms with Gasteiger partial charge in [0.05, 0.1) is 11.3 Å². The van der Waals surface area contributed by atoms with E-state index >= 15 is 0 Å². The van der Waals surface area contributed by atoms with Crippen molar-refractivity contribution in [3.63, 3.8) is 0 Å². The number of benzene rings is 2. The summed E-state index contributed by atoms with van der Waals surface area (Å²) in [5, 5.41) is 18.8. The number of aryl methyl sites for hydroxylation is 2. The first-order valence-electron chi connectivity index (χ1n) is 6.58. The monoisotopic (exact) mass is 281 g/mol. The van der Waals surface area contributed by atoms with Gasteiger partial charge in [-0.1, -0.05) is 24.3 Å². The van der Waals surface area contributed by atoms with Crippen LogP contribution in [0.4, 0.5) is 5.82 Å². The van der Waals surface area contributed by atoms with E-state index in [1.807, 2.05) is 31.2 Å². The van der Waals surface area contributed by atoms with Gasteiger partial charge in [-0.3, -0.25) is 9.48 Å². The van der Waals surface area contributed by atoms with Crippen molar-refractivity contribution in [2.75, 3.05) is 5.32 Å². The number of nitrogens with one attached hydrogen (secondary N) is 1. The van der Waals surface area contributed by atoms with Crippen LogP contribution in [-0.4, -0.2) is 20.8 Å². The highest BCUT2D eigenvalue weighted by Gasteiger charge is 2.14. The molecule has 106 valence electrons. The van der Waals surface area contributed by atoms with Crippen LogP contribution in [-0.2, 0) is 7.05 Å². The Bertz CT molecular complexity index is 837. The van der Waals surface area contributed by atoms with E-state index in [0.717, 1.165) is 16.5 Å². The number of hydrogen-bond acceptors (Lipinski definition) is 3. The fourth-order valence-electron chi connectivity index (χ4n) is 2.32. The molecule has 21 heavy (non-hydrogen) atoms. The number of aromatic nitrogens is 2. The van der Waals surface area contributed by atoms with Gasteiger partial charge in [0.2, 0.25) is 0 Å². The smallest absolute Gasteiger partial charge is 0.260 e. The lowest BCUT2D eigenvalue weighted by Gasteiger charge is -2.08. The first-order valence-corrected chi connectivity index (χ1v) is 6.58. The van der Waals surface area contributed by atoms with Crippen LogP contribution in [0.5, 0.6) is 5.75 Å². The lowest BCUT2D eigenvalue weighted by atomic mass is 10.1. The number of phenolic OH excluding ortho intramolecular Hbond substituents is 1. The first-order chi connectivity index (χ1) is 10.0. The van der Waals surface area contributed by atoms with E-state index in [0.29, 0.717) is 5.82 Å². The second kappa shape index (κ2) is 4.94. The van der Waals surface area contributed by atoms with Gasteiger partial charge in [-0.05, 0) is 29.8 Å². The number of fused-ring (bicyclic) bond motifs is 1. The second-order valence-electron chi connectivity index (χ2n) is 4.97. The maximum Gasteiger partial charge on any atom is 0.260 e. The molecule has 0 unspecified atom stereocenters. The van der Waals surface area contributed by atoms with Crippen LogP contribution in [0.25, 0.3) is 10.8 Å². The summed E-state index contributed by atoms with van der Waals surface area (Å²) in [4.78, 5) is 12.3. The molecule has 0 bridgehead atoms. The molecular weight excluding hydrogens is 266 g/mol. The van der Waals surface area contributed by atoms with Crippen molar-refractivity contribution in [3.05, 3.63) is 53.7 Å². The largest absolute Gasteiger partial charge is 0.507 e. The SMILES string of the molecule is Cc1cc(NC(=O)c2cc3ccccc3cc2O)n(C)n1. The van der Waals surface area contributed by atoms with Gasteiger partial charge >= 0.3 is 0 Å². The summed E-state index contributed by atoms with van der Waals surface area (Å²) in [7, 11) is 1.75. The molecule has 0 atom stereocenters. The maximum atomic E-state index is 12.3. The molecule has 0 radical (unpaired) electrons. The van der Waals surface area contributed by atoms with E-state index in [1.165, 1.54) is 0 Å². The Morgan fingerprint density at radius 2 is 1.86 bits per heavy atom. The van der Waals surface area contributed by atoms with Crippen molar-refractivity contribution >= 4 is 22.5 Å². The number of carbonyl (C=O) groups is 1. The predicted molar refractivity (Wildman–Crippen MR) is 81.5 cm³/mol. The Balaban J connectivity index is 1.97. The predicted octanol–water partition coefficient (Wildman–Crippen LogP) is 2.84. The number of hydrogen-bond donors (Lipinski definition) is 2. The van der Waals surface area contributed by atoms with Crippen molar-refractivity contribution in [3.8, 4) is 5.75 Å². The van der Waals surface area contributed by atoms with Gasteiger partial charge in [0, 0.05) is 13.1 Å². The number of rotatable bonds is 2. The van der Waals surface area contributed by atoms with E-state index in [2.05, 4.69) is 10.4 Å². The third-order valence-corrected chi connectivity index (χ3v) is 3.35. The Labute approximate surface area is 121 Å². The van der Waals surface area contributed by atoms with Gasteiger partial charge in [-0.25, -0.2) is 0 Å². The molecule has 0 saturated carbocycles. The summed E-state index contributed by atoms with van der Waals surface area (Å²) in [5.41, 5.74) is 1.06. The molecule has 3 aromatic rings. The number of phenols is 1. The first kappa shape index (κ1) is 13.2. The van der Waals surface area contributed by atoms with Gasteiger partial charge in [-0.15, -0.1) is 0 Å². The number of amides is 1. The Morgan fingerprint density at radius 1 is 1.19 bits per heavy atom. The average molecular weight is 281 g/mol. The normalized spacial score (nSPS) is 10.8. The van der Waals surface area contributed by atoms with Crippen LogP contribution < -0.4 is 5.32 Å². The zero-order valence-corrected chi connectivity index (χ0v) is 11.8. The molecule has 1 amide bonds. The number of carbonyl (C=O) groups excluding carboxylic acids is 1. The number of nitrogens with zero attached hydrogens (tertiary/aromatic N) is 2. The van der Waals surface area contributed by atoms with Crippen molar-refractivity contribution in [1.29, 1.82) is 0 Å². The lowest BCUT2D eigenvalue weighted by Crippen LogP contribution is -2.14. The van der Waals surface area contributed by atoms with E-state index in [4.69, 9.17) is 0 Å². The third kappa shape index (κ3) is 2.45. The molecule has 2 aromatic carbocycles. The molecule has 1 heterocycles. The van der Waals surface area contributed by atoms with Crippen molar-refractivity contribution in [2.24, 2.45) is 7.05 Å². The van der Waals surface area contributed by atoms with Gasteiger partial charge in [0.1, 0.15) is 11.6 Å². The number of aromatic hydroxyl groups is 1. The highest BCUT2D eigenvalue weighted by atomic mass is 16.3. The van der Waals surface area contributed by atoms with Crippen molar-refractivity contribution in [1.82, 2.24) is 9.78 Å². The fraction of sp³-hybridized carbons (Fsp3) is 0.125. The van der Waals surface area contributed by atoms with E-state index in [1.54, 1.807) is 29.9 Å². The zero-order chi connectivity index (χ0) is 15.0. The topological polar surface area (TPSA) is 67.2 Å². The van der Waals surface area contributed by atoms with Crippen LogP contribution in [0.1, 0.15) is 16.1 Å². The quantitative estimate of drug-likeness (QED) is 0.759. The Hall–Kier alpha value is -2.82. The lowest BCUT2D eigenvalue weighted by molar-refractivity contribution is 0.102. The molecule has 0 spiro atoms. The van der Waals surface area contributed by atoms with Crippen molar-refractivity contribution in [2.45, 2.75) is 6.92 Å². The van der Waals surface area contributed by atoms with Crippen LogP contribution in [0, 0.1) is 6.92 Å². The highest BCUT2D eigenvalue weighted by Crippen LogP contribution is 2.25. The molecule has 1 aromatic heterocycles.